The fourth-order valence-corrected chi connectivity index (χ4v) is 0.799. The zero-order valence-corrected chi connectivity index (χ0v) is 6.06. The molecular weight excluding hydrogens is 130 g/mol. The summed E-state index contributed by atoms with van der Waals surface area (Å²) in [6.45, 7) is 0. The van der Waals surface area contributed by atoms with E-state index >= 15 is 0 Å². The summed E-state index contributed by atoms with van der Waals surface area (Å²) in [7, 11) is 0. The Kier molecular flexibility index (Phi) is 2.53. The monoisotopic (exact) mass is 139 g/mol. The first kappa shape index (κ1) is 6.57. The largest absolute Gasteiger partial charge is 0.299 e. The van der Waals surface area contributed by atoms with Gasteiger partial charge in [0, 0.05) is 18.7 Å². The van der Waals surface area contributed by atoms with Crippen LogP contribution in [0.25, 0.3) is 0 Å². The van der Waals surface area contributed by atoms with Crippen LogP contribution in [0.1, 0.15) is 12.8 Å². The highest BCUT2D eigenvalue weighted by atomic mass is 32.1. The summed E-state index contributed by atoms with van der Waals surface area (Å²) in [5.74, 6) is 3.70. The second-order valence-corrected chi connectivity index (χ2v) is 2.11. The summed E-state index contributed by atoms with van der Waals surface area (Å²) in [5, 5.41) is 0. The molecule has 0 amide bonds. The Labute approximate surface area is 61.1 Å². The molecule has 1 aliphatic heterocycles. The highest BCUT2D eigenvalue weighted by Gasteiger charge is 1.90. The van der Waals surface area contributed by atoms with Crippen molar-refractivity contribution in [3.05, 3.63) is 12.3 Å². The molecule has 0 bridgehead atoms. The van der Waals surface area contributed by atoms with Crippen molar-refractivity contribution in [1.29, 1.82) is 0 Å². The van der Waals surface area contributed by atoms with Crippen molar-refractivity contribution >= 4 is 12.6 Å². The normalized spacial score (nSPS) is 16.3. The third-order valence-corrected chi connectivity index (χ3v) is 1.40. The average molecular weight is 139 g/mol. The zero-order valence-electron chi connectivity index (χ0n) is 5.17. The van der Waals surface area contributed by atoms with Gasteiger partial charge in [0.25, 0.3) is 0 Å². The summed E-state index contributed by atoms with van der Waals surface area (Å²) in [6.07, 6.45) is 6.12. The van der Waals surface area contributed by atoms with Crippen LogP contribution in [0, 0.1) is 12.0 Å². The molecule has 0 radical (unpaired) electrons. The Bertz CT molecular complexity index is 163. The number of rotatable bonds is 1. The second-order valence-electron chi connectivity index (χ2n) is 1.82. The lowest BCUT2D eigenvalue weighted by molar-refractivity contribution is 0.639. The van der Waals surface area contributed by atoms with Crippen LogP contribution < -0.4 is 0 Å². The predicted octanol–water partition coefficient (Wildman–Crippen LogP) is 1.44. The Morgan fingerprint density at radius 2 is 2.56 bits per heavy atom. The molecule has 0 spiro atoms. The van der Waals surface area contributed by atoms with Crippen molar-refractivity contribution < 1.29 is 0 Å². The molecule has 0 atom stereocenters. The average Bonchev–Trinajstić information content (AvgIpc) is 2.13. The van der Waals surface area contributed by atoms with E-state index in [1.807, 2.05) is 11.1 Å². The Morgan fingerprint density at radius 1 is 1.67 bits per heavy atom. The van der Waals surface area contributed by atoms with Crippen LogP contribution in [0.4, 0.5) is 0 Å². The lowest BCUT2D eigenvalue weighted by atomic mass is 10.3. The van der Waals surface area contributed by atoms with Gasteiger partial charge in [-0.25, -0.2) is 0 Å². The third-order valence-electron chi connectivity index (χ3n) is 1.10. The summed E-state index contributed by atoms with van der Waals surface area (Å²) >= 11 is 4.08. The lowest BCUT2D eigenvalue weighted by Gasteiger charge is -2.04. The van der Waals surface area contributed by atoms with Crippen LogP contribution >= 0.6 is 12.6 Å². The third kappa shape index (κ3) is 2.03. The minimum absolute atomic E-state index is 0.684. The van der Waals surface area contributed by atoms with Gasteiger partial charge in [-0.2, -0.15) is 12.6 Å². The van der Waals surface area contributed by atoms with Crippen molar-refractivity contribution in [3.8, 4) is 12.0 Å². The predicted molar refractivity (Wildman–Crippen MR) is 41.8 cm³/mol. The molecule has 0 unspecified atom stereocenters. The molecule has 0 aromatic heterocycles. The molecule has 2 heteroatoms. The van der Waals surface area contributed by atoms with E-state index < -0.39 is 0 Å². The molecular formula is C7H9NS. The van der Waals surface area contributed by atoms with Gasteiger partial charge in [0.05, 0.1) is 5.88 Å². The second kappa shape index (κ2) is 3.47. The van der Waals surface area contributed by atoms with Gasteiger partial charge >= 0.3 is 0 Å². The van der Waals surface area contributed by atoms with Crippen LogP contribution in [-0.2, 0) is 0 Å². The molecule has 0 saturated carbocycles. The number of nitrogens with zero attached hydrogens (tertiary/aromatic N) is 1. The van der Waals surface area contributed by atoms with Crippen LogP contribution in [0.15, 0.2) is 12.3 Å². The smallest absolute Gasteiger partial charge is 0.0734 e. The maximum Gasteiger partial charge on any atom is 0.0734 e. The molecule has 0 aliphatic carbocycles. The Morgan fingerprint density at radius 3 is 3.33 bits per heavy atom. The summed E-state index contributed by atoms with van der Waals surface area (Å²) < 4.78 is 0. The molecule has 0 saturated heterocycles. The van der Waals surface area contributed by atoms with Crippen LogP contribution in [-0.4, -0.2) is 10.8 Å². The van der Waals surface area contributed by atoms with Crippen LogP contribution in [0.2, 0.25) is 0 Å². The molecule has 48 valence electrons. The van der Waals surface area contributed by atoms with Gasteiger partial charge < -0.3 is 0 Å². The van der Waals surface area contributed by atoms with Crippen LogP contribution in [0.3, 0.4) is 0 Å². The summed E-state index contributed by atoms with van der Waals surface area (Å²) in [6, 6.07) is 2.95. The van der Waals surface area contributed by atoms with E-state index in [1.54, 1.807) is 0 Å². The number of hydrogen-bond donors (Lipinski definition) is 1. The van der Waals surface area contributed by atoms with Gasteiger partial charge in [-0.05, 0) is 6.42 Å². The minimum Gasteiger partial charge on any atom is -0.299 e. The van der Waals surface area contributed by atoms with Crippen LogP contribution in [0.5, 0.6) is 0 Å². The van der Waals surface area contributed by atoms with Gasteiger partial charge in [0.2, 0.25) is 0 Å². The first-order valence-electron chi connectivity index (χ1n) is 2.96. The molecule has 0 aromatic rings. The fraction of sp³-hybridized carbons (Fsp3) is 0.429. The molecule has 1 nitrogen and oxygen atoms in total. The molecule has 0 fully saturated rings. The van der Waals surface area contributed by atoms with E-state index in [-0.39, 0.29) is 0 Å². The van der Waals surface area contributed by atoms with Crippen molar-refractivity contribution in [1.82, 2.24) is 4.90 Å². The Balaban J connectivity index is 2.55. The van der Waals surface area contributed by atoms with E-state index in [9.17, 15) is 0 Å². The molecule has 1 rings (SSSR count). The maximum atomic E-state index is 4.08. The van der Waals surface area contributed by atoms with Crippen molar-refractivity contribution in [2.75, 3.05) is 5.88 Å². The summed E-state index contributed by atoms with van der Waals surface area (Å²) in [5.41, 5.74) is 0. The first-order valence-corrected chi connectivity index (χ1v) is 3.59. The topological polar surface area (TPSA) is 3.24 Å². The SMILES string of the molecule is SCN1C#CCCC=C1. The van der Waals surface area contributed by atoms with Gasteiger partial charge in [0.1, 0.15) is 0 Å². The van der Waals surface area contributed by atoms with Crippen molar-refractivity contribution in [2.24, 2.45) is 0 Å². The minimum atomic E-state index is 0.684. The summed E-state index contributed by atoms with van der Waals surface area (Å²) in [4.78, 5) is 1.87. The first-order chi connectivity index (χ1) is 4.43. The zero-order chi connectivity index (χ0) is 6.53. The molecule has 1 heterocycles. The van der Waals surface area contributed by atoms with E-state index in [0.717, 1.165) is 12.8 Å². The number of hydrogen-bond acceptors (Lipinski definition) is 2. The quantitative estimate of drug-likeness (QED) is 0.425. The highest BCUT2D eigenvalue weighted by molar-refractivity contribution is 7.80. The molecule has 9 heavy (non-hydrogen) atoms. The molecule has 0 N–H and O–H groups in total. The highest BCUT2D eigenvalue weighted by Crippen LogP contribution is 1.98. The Hall–Kier alpha value is -0.550. The van der Waals surface area contributed by atoms with E-state index in [0.29, 0.717) is 5.88 Å². The van der Waals surface area contributed by atoms with Gasteiger partial charge in [-0.15, -0.1) is 0 Å². The molecule has 1 aliphatic rings. The lowest BCUT2D eigenvalue weighted by Crippen LogP contribution is -2.05. The molecule has 0 aromatic carbocycles. The van der Waals surface area contributed by atoms with Crippen molar-refractivity contribution in [2.45, 2.75) is 12.8 Å². The van der Waals surface area contributed by atoms with Gasteiger partial charge in [-0.3, -0.25) is 4.90 Å². The van der Waals surface area contributed by atoms with E-state index in [2.05, 4.69) is 30.7 Å². The number of thiol groups is 1. The van der Waals surface area contributed by atoms with Gasteiger partial charge in [0.15, 0.2) is 0 Å². The van der Waals surface area contributed by atoms with Crippen molar-refractivity contribution in [3.63, 3.8) is 0 Å². The standard InChI is InChI=1S/C7H9NS/c9-7-8-5-3-1-2-4-6-8/h3,5,9H,1-2,7H2. The van der Waals surface area contributed by atoms with E-state index in [1.165, 1.54) is 0 Å². The number of allylic oxidation sites excluding steroid dienone is 1. The fourth-order valence-electron chi connectivity index (χ4n) is 0.634. The van der Waals surface area contributed by atoms with Gasteiger partial charge in [-0.1, -0.05) is 12.0 Å². The van der Waals surface area contributed by atoms with E-state index in [4.69, 9.17) is 0 Å². The maximum absolute atomic E-state index is 4.08.